The van der Waals surface area contributed by atoms with Gasteiger partial charge in [-0.2, -0.15) is 0 Å². The summed E-state index contributed by atoms with van der Waals surface area (Å²) in [5, 5.41) is 10.9. The number of methoxy groups -OCH3 is 1. The molecule has 18 heavy (non-hydrogen) atoms. The lowest BCUT2D eigenvalue weighted by Gasteiger charge is -2.29. The highest BCUT2D eigenvalue weighted by Gasteiger charge is 2.18. The second-order valence-corrected chi connectivity index (χ2v) is 4.10. The molecule has 0 spiro atoms. The highest BCUT2D eigenvalue weighted by molar-refractivity contribution is 5.82. The van der Waals surface area contributed by atoms with Crippen LogP contribution in [0.15, 0.2) is 0 Å². The van der Waals surface area contributed by atoms with E-state index >= 15 is 0 Å². The van der Waals surface area contributed by atoms with Crippen molar-refractivity contribution in [2.75, 3.05) is 33.4 Å². The van der Waals surface area contributed by atoms with Crippen molar-refractivity contribution in [2.45, 2.75) is 32.7 Å². The van der Waals surface area contributed by atoms with Gasteiger partial charge in [0, 0.05) is 19.7 Å². The van der Waals surface area contributed by atoms with Crippen LogP contribution in [0.1, 0.15) is 26.7 Å². The lowest BCUT2D eigenvalue weighted by molar-refractivity contribution is -0.138. The first-order valence-electron chi connectivity index (χ1n) is 6.26. The zero-order valence-corrected chi connectivity index (χ0v) is 11.4. The SMILES string of the molecule is CCC(CC)N(CCOC)CC(=O)NCC(=O)O. The number of carbonyl (C=O) groups is 2. The van der Waals surface area contributed by atoms with Crippen molar-refractivity contribution in [3.63, 3.8) is 0 Å². The highest BCUT2D eigenvalue weighted by Crippen LogP contribution is 2.07. The molecule has 0 aromatic rings. The Morgan fingerprint density at radius 2 is 1.94 bits per heavy atom. The number of carboxylic acids is 1. The van der Waals surface area contributed by atoms with Gasteiger partial charge in [-0.15, -0.1) is 0 Å². The number of rotatable bonds is 10. The van der Waals surface area contributed by atoms with Gasteiger partial charge in [0.25, 0.3) is 0 Å². The minimum absolute atomic E-state index is 0.211. The highest BCUT2D eigenvalue weighted by atomic mass is 16.5. The van der Waals surface area contributed by atoms with Crippen LogP contribution in [-0.4, -0.2) is 61.3 Å². The van der Waals surface area contributed by atoms with Gasteiger partial charge < -0.3 is 15.2 Å². The third kappa shape index (κ3) is 7.24. The number of hydrogen-bond acceptors (Lipinski definition) is 4. The van der Waals surface area contributed by atoms with E-state index in [1.54, 1.807) is 7.11 Å². The van der Waals surface area contributed by atoms with Crippen LogP contribution in [0.2, 0.25) is 0 Å². The van der Waals surface area contributed by atoms with Gasteiger partial charge >= 0.3 is 5.97 Å². The van der Waals surface area contributed by atoms with Gasteiger partial charge in [-0.25, -0.2) is 0 Å². The van der Waals surface area contributed by atoms with Crippen LogP contribution in [0.3, 0.4) is 0 Å². The van der Waals surface area contributed by atoms with Gasteiger partial charge in [0.2, 0.25) is 5.91 Å². The lowest BCUT2D eigenvalue weighted by Crippen LogP contribution is -2.45. The Balaban J connectivity index is 4.28. The molecular weight excluding hydrogens is 236 g/mol. The van der Waals surface area contributed by atoms with Crippen molar-refractivity contribution in [1.82, 2.24) is 10.2 Å². The normalized spacial score (nSPS) is 10.9. The van der Waals surface area contributed by atoms with Gasteiger partial charge in [0.15, 0.2) is 0 Å². The fourth-order valence-electron chi connectivity index (χ4n) is 1.82. The van der Waals surface area contributed by atoms with Gasteiger partial charge in [-0.3, -0.25) is 14.5 Å². The maximum Gasteiger partial charge on any atom is 0.322 e. The van der Waals surface area contributed by atoms with Gasteiger partial charge in [-0.05, 0) is 12.8 Å². The van der Waals surface area contributed by atoms with Gasteiger partial charge in [0.1, 0.15) is 6.54 Å². The van der Waals surface area contributed by atoms with Gasteiger partial charge in [0.05, 0.1) is 13.2 Å². The standard InChI is InChI=1S/C12H24N2O4/c1-4-10(5-2)14(6-7-18-3)9-11(15)13-8-12(16)17/h10H,4-9H2,1-3H3,(H,13,15)(H,16,17). The second kappa shape index (κ2) is 9.85. The Kier molecular flexibility index (Phi) is 9.22. The van der Waals surface area contributed by atoms with E-state index in [2.05, 4.69) is 19.2 Å². The first-order valence-corrected chi connectivity index (χ1v) is 6.26. The van der Waals surface area contributed by atoms with Gasteiger partial charge in [-0.1, -0.05) is 13.8 Å². The fourth-order valence-corrected chi connectivity index (χ4v) is 1.82. The number of carbonyl (C=O) groups excluding carboxylic acids is 1. The number of aliphatic carboxylic acids is 1. The molecule has 0 bridgehead atoms. The predicted octanol–water partition coefficient (Wildman–Crippen LogP) is 0.324. The molecule has 0 saturated carbocycles. The first kappa shape index (κ1) is 16.9. The summed E-state index contributed by atoms with van der Waals surface area (Å²) in [5.41, 5.74) is 0. The molecule has 0 atom stereocenters. The molecular formula is C12H24N2O4. The summed E-state index contributed by atoms with van der Waals surface area (Å²) in [6.45, 7) is 5.25. The van der Waals surface area contributed by atoms with Crippen LogP contribution in [0.25, 0.3) is 0 Å². The van der Waals surface area contributed by atoms with E-state index in [9.17, 15) is 9.59 Å². The Hall–Kier alpha value is -1.14. The third-order valence-corrected chi connectivity index (χ3v) is 2.83. The minimum Gasteiger partial charge on any atom is -0.480 e. The van der Waals surface area contributed by atoms with E-state index in [-0.39, 0.29) is 19.0 Å². The van der Waals surface area contributed by atoms with Crippen molar-refractivity contribution in [2.24, 2.45) is 0 Å². The maximum atomic E-state index is 11.6. The number of amides is 1. The third-order valence-electron chi connectivity index (χ3n) is 2.83. The number of hydrogen-bond donors (Lipinski definition) is 2. The van der Waals surface area contributed by atoms with Crippen molar-refractivity contribution in [3.05, 3.63) is 0 Å². The van der Waals surface area contributed by atoms with Crippen molar-refractivity contribution >= 4 is 11.9 Å². The number of carboxylic acid groups (broad SMARTS) is 1. The average molecular weight is 260 g/mol. The fraction of sp³-hybridized carbons (Fsp3) is 0.833. The topological polar surface area (TPSA) is 78.9 Å². The summed E-state index contributed by atoms with van der Waals surface area (Å²) in [6, 6.07) is 0.315. The van der Waals surface area contributed by atoms with E-state index in [1.165, 1.54) is 0 Å². The molecule has 0 saturated heterocycles. The maximum absolute atomic E-state index is 11.6. The van der Waals surface area contributed by atoms with Crippen molar-refractivity contribution in [1.29, 1.82) is 0 Å². The molecule has 6 nitrogen and oxygen atoms in total. The molecule has 106 valence electrons. The molecule has 0 unspecified atom stereocenters. The average Bonchev–Trinajstić information content (AvgIpc) is 2.34. The molecule has 0 rings (SSSR count). The summed E-state index contributed by atoms with van der Waals surface area (Å²) in [5.74, 6) is -1.30. The summed E-state index contributed by atoms with van der Waals surface area (Å²) in [6.07, 6.45) is 1.90. The number of ether oxygens (including phenoxy) is 1. The van der Waals surface area contributed by atoms with E-state index in [1.807, 2.05) is 4.90 Å². The largest absolute Gasteiger partial charge is 0.480 e. The summed E-state index contributed by atoms with van der Waals surface area (Å²) < 4.78 is 5.02. The van der Waals surface area contributed by atoms with Crippen LogP contribution in [0, 0.1) is 0 Å². The van der Waals surface area contributed by atoms with Crippen LogP contribution >= 0.6 is 0 Å². The zero-order valence-electron chi connectivity index (χ0n) is 11.4. The van der Waals surface area contributed by atoms with Crippen LogP contribution < -0.4 is 5.32 Å². The summed E-state index contributed by atoms with van der Waals surface area (Å²) >= 11 is 0. The Morgan fingerprint density at radius 3 is 2.39 bits per heavy atom. The monoisotopic (exact) mass is 260 g/mol. The lowest BCUT2D eigenvalue weighted by atomic mass is 10.1. The summed E-state index contributed by atoms with van der Waals surface area (Å²) in [4.78, 5) is 24.0. The molecule has 0 radical (unpaired) electrons. The predicted molar refractivity (Wildman–Crippen MR) is 68.5 cm³/mol. The Morgan fingerprint density at radius 1 is 1.33 bits per heavy atom. The van der Waals surface area contributed by atoms with E-state index in [4.69, 9.17) is 9.84 Å². The Labute approximate surface area is 108 Å². The smallest absolute Gasteiger partial charge is 0.322 e. The number of nitrogens with zero attached hydrogens (tertiary/aromatic N) is 1. The molecule has 6 heteroatoms. The summed E-state index contributed by atoms with van der Waals surface area (Å²) in [7, 11) is 1.62. The molecule has 0 aliphatic carbocycles. The molecule has 0 heterocycles. The van der Waals surface area contributed by atoms with Crippen LogP contribution in [-0.2, 0) is 14.3 Å². The molecule has 0 aromatic heterocycles. The van der Waals surface area contributed by atoms with E-state index in [0.717, 1.165) is 12.8 Å². The molecule has 0 fully saturated rings. The van der Waals surface area contributed by atoms with Crippen molar-refractivity contribution < 1.29 is 19.4 Å². The number of nitrogens with one attached hydrogen (secondary N) is 1. The molecule has 1 amide bonds. The Bertz CT molecular complexity index is 254. The molecule has 0 aromatic carbocycles. The minimum atomic E-state index is -1.03. The van der Waals surface area contributed by atoms with E-state index < -0.39 is 5.97 Å². The second-order valence-electron chi connectivity index (χ2n) is 4.10. The molecule has 2 N–H and O–H groups in total. The molecule has 0 aliphatic heterocycles. The van der Waals surface area contributed by atoms with Crippen LogP contribution in [0.5, 0.6) is 0 Å². The van der Waals surface area contributed by atoms with Crippen LogP contribution in [0.4, 0.5) is 0 Å². The zero-order chi connectivity index (χ0) is 14.0. The molecule has 0 aliphatic rings. The van der Waals surface area contributed by atoms with Crippen molar-refractivity contribution in [3.8, 4) is 0 Å². The first-order chi connectivity index (χ1) is 8.54. The van der Waals surface area contributed by atoms with E-state index in [0.29, 0.717) is 19.2 Å². The quantitative estimate of drug-likeness (QED) is 0.591.